The van der Waals surface area contributed by atoms with E-state index in [1.54, 1.807) is 39.0 Å². The SMILES string of the molecule is CCC(C)COC(=O)/C=C/c1ccc(NC(=O)C2CCC(NS(=O)(=O)C(C)(C)C)CC2)cc1. The summed E-state index contributed by atoms with van der Waals surface area (Å²) < 4.78 is 31.8. The maximum absolute atomic E-state index is 12.6. The van der Waals surface area contributed by atoms with Crippen LogP contribution < -0.4 is 10.0 Å². The Kier molecular flexibility index (Phi) is 9.67. The molecule has 1 aliphatic carbocycles. The minimum atomic E-state index is -3.39. The standard InChI is InChI=1S/C25H38N2O5S/c1-6-18(2)17-32-23(28)16-9-19-7-12-21(13-8-19)26-24(29)20-10-14-22(15-11-20)27-33(30,31)25(3,4)5/h7-9,12-13,16,18,20,22,27H,6,10-11,14-15,17H2,1-5H3,(H,26,29)/b16-9+. The van der Waals surface area contributed by atoms with E-state index in [1.807, 2.05) is 19.1 Å². The van der Waals surface area contributed by atoms with Crippen molar-refractivity contribution in [1.82, 2.24) is 4.72 Å². The van der Waals surface area contributed by atoms with Crippen molar-refractivity contribution in [3.63, 3.8) is 0 Å². The summed E-state index contributed by atoms with van der Waals surface area (Å²) in [6, 6.07) is 7.12. The van der Waals surface area contributed by atoms with Gasteiger partial charge in [0.2, 0.25) is 15.9 Å². The van der Waals surface area contributed by atoms with Gasteiger partial charge >= 0.3 is 5.97 Å². The molecule has 0 aliphatic heterocycles. The zero-order valence-electron chi connectivity index (χ0n) is 20.4. The van der Waals surface area contributed by atoms with E-state index in [2.05, 4.69) is 17.0 Å². The number of amides is 1. The number of anilines is 1. The van der Waals surface area contributed by atoms with Crippen molar-refractivity contribution in [2.45, 2.75) is 77.5 Å². The Labute approximate surface area is 198 Å². The lowest BCUT2D eigenvalue weighted by Crippen LogP contribution is -2.46. The second-order valence-electron chi connectivity index (χ2n) is 9.87. The highest BCUT2D eigenvalue weighted by Crippen LogP contribution is 2.27. The third kappa shape index (κ3) is 8.59. The minimum Gasteiger partial charge on any atom is -0.462 e. The number of carbonyl (C=O) groups is 2. The molecule has 1 aromatic carbocycles. The molecule has 1 amide bonds. The van der Waals surface area contributed by atoms with Gasteiger partial charge in [-0.3, -0.25) is 4.79 Å². The van der Waals surface area contributed by atoms with Crippen LogP contribution in [0.1, 0.15) is 72.3 Å². The van der Waals surface area contributed by atoms with E-state index in [0.717, 1.165) is 12.0 Å². The number of hydrogen-bond donors (Lipinski definition) is 2. The minimum absolute atomic E-state index is 0.0518. The van der Waals surface area contributed by atoms with Crippen molar-refractivity contribution in [2.24, 2.45) is 11.8 Å². The Morgan fingerprint density at radius 1 is 1.12 bits per heavy atom. The van der Waals surface area contributed by atoms with E-state index in [4.69, 9.17) is 4.74 Å². The summed E-state index contributed by atoms with van der Waals surface area (Å²) >= 11 is 0. The summed E-state index contributed by atoms with van der Waals surface area (Å²) in [5.41, 5.74) is 1.52. The van der Waals surface area contributed by atoms with Crippen molar-refractivity contribution in [3.05, 3.63) is 35.9 Å². The number of hydrogen-bond acceptors (Lipinski definition) is 5. The molecule has 2 rings (SSSR count). The number of esters is 1. The molecule has 0 aromatic heterocycles. The lowest BCUT2D eigenvalue weighted by Gasteiger charge is -2.30. The van der Waals surface area contributed by atoms with Crippen molar-refractivity contribution in [3.8, 4) is 0 Å². The highest BCUT2D eigenvalue weighted by Gasteiger charge is 2.34. The van der Waals surface area contributed by atoms with Crippen LogP contribution in [0, 0.1) is 11.8 Å². The van der Waals surface area contributed by atoms with Gasteiger partial charge in [-0.25, -0.2) is 17.9 Å². The van der Waals surface area contributed by atoms with E-state index >= 15 is 0 Å². The molecule has 2 N–H and O–H groups in total. The summed E-state index contributed by atoms with van der Waals surface area (Å²) in [5, 5.41) is 2.94. The van der Waals surface area contributed by atoms with Gasteiger partial charge in [0.25, 0.3) is 0 Å². The molecule has 0 bridgehead atoms. The molecule has 33 heavy (non-hydrogen) atoms. The molecule has 184 valence electrons. The number of ether oxygens (including phenoxy) is 1. The van der Waals surface area contributed by atoms with Gasteiger partial charge in [0.1, 0.15) is 0 Å². The fourth-order valence-corrected chi connectivity index (χ4v) is 4.37. The van der Waals surface area contributed by atoms with Crippen LogP contribution in [-0.2, 0) is 24.3 Å². The second kappa shape index (κ2) is 11.8. The molecule has 7 nitrogen and oxygen atoms in total. The van der Waals surface area contributed by atoms with Gasteiger partial charge in [0.05, 0.1) is 11.4 Å². The molecule has 1 unspecified atom stereocenters. The van der Waals surface area contributed by atoms with Crippen LogP contribution in [0.15, 0.2) is 30.3 Å². The zero-order chi connectivity index (χ0) is 24.6. The first-order chi connectivity index (χ1) is 15.4. The number of sulfonamides is 1. The quantitative estimate of drug-likeness (QED) is 0.402. The van der Waals surface area contributed by atoms with Gasteiger partial charge in [0, 0.05) is 23.7 Å². The van der Waals surface area contributed by atoms with Crippen molar-refractivity contribution in [1.29, 1.82) is 0 Å². The molecule has 1 atom stereocenters. The third-order valence-corrected chi connectivity index (χ3v) is 8.28. The molecular weight excluding hydrogens is 440 g/mol. The van der Waals surface area contributed by atoms with Crippen LogP contribution in [0.2, 0.25) is 0 Å². The first kappa shape index (κ1) is 27.1. The van der Waals surface area contributed by atoms with Crippen LogP contribution in [-0.4, -0.2) is 37.7 Å². The van der Waals surface area contributed by atoms with Crippen molar-refractivity contribution < 1.29 is 22.7 Å². The predicted molar refractivity (Wildman–Crippen MR) is 132 cm³/mol. The highest BCUT2D eigenvalue weighted by molar-refractivity contribution is 7.90. The van der Waals surface area contributed by atoms with E-state index in [1.165, 1.54) is 6.08 Å². The van der Waals surface area contributed by atoms with E-state index < -0.39 is 14.8 Å². The number of benzene rings is 1. The summed E-state index contributed by atoms with van der Waals surface area (Å²) in [4.78, 5) is 24.4. The lowest BCUT2D eigenvalue weighted by molar-refractivity contribution is -0.138. The lowest BCUT2D eigenvalue weighted by atomic mass is 9.86. The Bertz CT molecular complexity index is 925. The molecule has 0 saturated heterocycles. The largest absolute Gasteiger partial charge is 0.462 e. The molecule has 8 heteroatoms. The van der Waals surface area contributed by atoms with Gasteiger partial charge in [0.15, 0.2) is 0 Å². The van der Waals surface area contributed by atoms with E-state index in [-0.39, 0.29) is 23.8 Å². The predicted octanol–water partition coefficient (Wildman–Crippen LogP) is 4.50. The molecule has 1 saturated carbocycles. The van der Waals surface area contributed by atoms with Crippen molar-refractivity contribution >= 4 is 33.7 Å². The van der Waals surface area contributed by atoms with Crippen LogP contribution >= 0.6 is 0 Å². The fourth-order valence-electron chi connectivity index (χ4n) is 3.35. The molecule has 0 spiro atoms. The monoisotopic (exact) mass is 478 g/mol. The van der Waals surface area contributed by atoms with Crippen LogP contribution in [0.25, 0.3) is 6.08 Å². The van der Waals surface area contributed by atoms with Crippen molar-refractivity contribution in [2.75, 3.05) is 11.9 Å². The fraction of sp³-hybridized carbons (Fsp3) is 0.600. The Balaban J connectivity index is 1.81. The third-order valence-electron chi connectivity index (χ3n) is 6.02. The molecule has 0 radical (unpaired) electrons. The first-order valence-electron chi connectivity index (χ1n) is 11.7. The topological polar surface area (TPSA) is 102 Å². The van der Waals surface area contributed by atoms with Gasteiger partial charge in [-0.1, -0.05) is 32.4 Å². The van der Waals surface area contributed by atoms with Crippen LogP contribution in [0.3, 0.4) is 0 Å². The van der Waals surface area contributed by atoms with Crippen LogP contribution in [0.4, 0.5) is 5.69 Å². The summed E-state index contributed by atoms with van der Waals surface area (Å²) in [7, 11) is -3.39. The smallest absolute Gasteiger partial charge is 0.330 e. The maximum Gasteiger partial charge on any atom is 0.330 e. The summed E-state index contributed by atoms with van der Waals surface area (Å²) in [5.74, 6) is -0.217. The average Bonchev–Trinajstić information content (AvgIpc) is 2.76. The van der Waals surface area contributed by atoms with Crippen LogP contribution in [0.5, 0.6) is 0 Å². The van der Waals surface area contributed by atoms with Gasteiger partial charge in [-0.05, 0) is 76.1 Å². The van der Waals surface area contributed by atoms with E-state index in [9.17, 15) is 18.0 Å². The normalized spacial score (nSPS) is 20.4. The molecule has 0 heterocycles. The molecule has 1 aliphatic rings. The molecule has 1 aromatic rings. The zero-order valence-corrected chi connectivity index (χ0v) is 21.2. The van der Waals surface area contributed by atoms with E-state index in [0.29, 0.717) is 43.9 Å². The highest BCUT2D eigenvalue weighted by atomic mass is 32.2. The Morgan fingerprint density at radius 3 is 2.27 bits per heavy atom. The van der Waals surface area contributed by atoms with Gasteiger partial charge in [-0.2, -0.15) is 0 Å². The number of carbonyl (C=O) groups excluding carboxylic acids is 2. The summed E-state index contributed by atoms with van der Waals surface area (Å²) in [6.07, 6.45) is 6.62. The summed E-state index contributed by atoms with van der Waals surface area (Å²) in [6.45, 7) is 9.52. The van der Waals surface area contributed by atoms with Gasteiger partial charge < -0.3 is 10.1 Å². The van der Waals surface area contributed by atoms with Gasteiger partial charge in [-0.15, -0.1) is 0 Å². The maximum atomic E-state index is 12.6. The second-order valence-corrected chi connectivity index (χ2v) is 12.3. The number of nitrogens with one attached hydrogen (secondary N) is 2. The molecular formula is C25H38N2O5S. The Hall–Kier alpha value is -2.19. The first-order valence-corrected chi connectivity index (χ1v) is 13.2. The average molecular weight is 479 g/mol. The Morgan fingerprint density at radius 2 is 1.73 bits per heavy atom. The number of rotatable bonds is 9. The molecule has 1 fully saturated rings.